The quantitative estimate of drug-likeness (QED) is 0.904. The van der Waals surface area contributed by atoms with Gasteiger partial charge in [-0.1, -0.05) is 15.9 Å². The van der Waals surface area contributed by atoms with Crippen LogP contribution >= 0.6 is 15.9 Å². The van der Waals surface area contributed by atoms with Crippen LogP contribution in [0.2, 0.25) is 0 Å². The Morgan fingerprint density at radius 3 is 2.82 bits per heavy atom. The zero-order valence-electron chi connectivity index (χ0n) is 10.0. The number of nitrogens with one attached hydrogen (secondary N) is 1. The molecule has 1 atom stereocenters. The molecule has 0 radical (unpaired) electrons. The Morgan fingerprint density at radius 1 is 1.35 bits per heavy atom. The Bertz CT molecular complexity index is 479. The van der Waals surface area contributed by atoms with E-state index in [9.17, 15) is 0 Å². The van der Waals surface area contributed by atoms with Gasteiger partial charge >= 0.3 is 0 Å². The van der Waals surface area contributed by atoms with E-state index in [-0.39, 0.29) is 0 Å². The first-order valence-corrected chi connectivity index (χ1v) is 6.49. The van der Waals surface area contributed by atoms with E-state index in [1.807, 2.05) is 12.1 Å². The molecule has 1 unspecified atom stereocenters. The minimum Gasteiger partial charge on any atom is -0.469 e. The monoisotopic (exact) mass is 293 g/mol. The van der Waals surface area contributed by atoms with Crippen molar-refractivity contribution in [1.82, 2.24) is 0 Å². The summed E-state index contributed by atoms with van der Waals surface area (Å²) in [6, 6.07) is 10.6. The molecule has 0 aliphatic rings. The Kier molecular flexibility index (Phi) is 3.89. The van der Waals surface area contributed by atoms with Gasteiger partial charge < -0.3 is 9.73 Å². The highest BCUT2D eigenvalue weighted by atomic mass is 79.9. The molecule has 3 heteroatoms. The highest BCUT2D eigenvalue weighted by Crippen LogP contribution is 2.21. The molecule has 1 aromatic carbocycles. The average Bonchev–Trinajstić information content (AvgIpc) is 2.76. The normalized spacial score (nSPS) is 12.4. The van der Waals surface area contributed by atoms with Gasteiger partial charge in [0.05, 0.1) is 6.26 Å². The number of hydrogen-bond donors (Lipinski definition) is 1. The summed E-state index contributed by atoms with van der Waals surface area (Å²) in [5.74, 6) is 1.01. The number of furan rings is 1. The molecule has 0 aliphatic heterocycles. The topological polar surface area (TPSA) is 25.2 Å². The Labute approximate surface area is 110 Å². The van der Waals surface area contributed by atoms with Gasteiger partial charge in [0.1, 0.15) is 5.76 Å². The fourth-order valence-electron chi connectivity index (χ4n) is 1.80. The second-order valence-electron chi connectivity index (χ2n) is 4.29. The van der Waals surface area contributed by atoms with Crippen molar-refractivity contribution in [2.75, 3.05) is 5.32 Å². The summed E-state index contributed by atoms with van der Waals surface area (Å²) in [6.45, 7) is 4.24. The second-order valence-corrected chi connectivity index (χ2v) is 5.15. The molecule has 1 N–H and O–H groups in total. The first-order valence-electron chi connectivity index (χ1n) is 5.70. The van der Waals surface area contributed by atoms with E-state index in [4.69, 9.17) is 4.42 Å². The third-order valence-corrected chi connectivity index (χ3v) is 3.55. The predicted molar refractivity (Wildman–Crippen MR) is 74.4 cm³/mol. The summed E-state index contributed by atoms with van der Waals surface area (Å²) in [7, 11) is 0. The molecule has 2 rings (SSSR count). The maximum atomic E-state index is 5.34. The zero-order valence-corrected chi connectivity index (χ0v) is 11.6. The molecule has 0 saturated carbocycles. The lowest BCUT2D eigenvalue weighted by Crippen LogP contribution is -2.17. The molecule has 2 nitrogen and oxygen atoms in total. The lowest BCUT2D eigenvalue weighted by Gasteiger charge is -2.14. The smallest absolute Gasteiger partial charge is 0.105 e. The Morgan fingerprint density at radius 2 is 2.18 bits per heavy atom. The number of halogens is 1. The van der Waals surface area contributed by atoms with Crippen molar-refractivity contribution >= 4 is 21.6 Å². The third-order valence-electron chi connectivity index (χ3n) is 2.66. The van der Waals surface area contributed by atoms with Crippen LogP contribution in [0.3, 0.4) is 0 Å². The van der Waals surface area contributed by atoms with Crippen molar-refractivity contribution in [3.8, 4) is 0 Å². The van der Waals surface area contributed by atoms with Crippen LogP contribution in [-0.2, 0) is 6.42 Å². The van der Waals surface area contributed by atoms with Crippen LogP contribution in [0.25, 0.3) is 0 Å². The highest BCUT2D eigenvalue weighted by molar-refractivity contribution is 9.10. The van der Waals surface area contributed by atoms with E-state index in [1.165, 1.54) is 5.56 Å². The Balaban J connectivity index is 1.98. The van der Waals surface area contributed by atoms with E-state index < -0.39 is 0 Å². The molecule has 2 aromatic rings. The lowest BCUT2D eigenvalue weighted by molar-refractivity contribution is 0.498. The molecule has 0 saturated heterocycles. The average molecular weight is 294 g/mol. The van der Waals surface area contributed by atoms with Crippen LogP contribution in [0.15, 0.2) is 45.5 Å². The van der Waals surface area contributed by atoms with Crippen LogP contribution < -0.4 is 5.32 Å². The summed E-state index contributed by atoms with van der Waals surface area (Å²) >= 11 is 3.50. The molecular weight excluding hydrogens is 278 g/mol. The number of anilines is 1. The SMILES string of the molecule is Cc1cc(NC(C)Cc2ccco2)ccc1Br. The van der Waals surface area contributed by atoms with Gasteiger partial charge in [-0.15, -0.1) is 0 Å². The van der Waals surface area contributed by atoms with E-state index in [2.05, 4.69) is 53.3 Å². The highest BCUT2D eigenvalue weighted by Gasteiger charge is 2.06. The van der Waals surface area contributed by atoms with E-state index in [0.29, 0.717) is 6.04 Å². The van der Waals surface area contributed by atoms with E-state index in [1.54, 1.807) is 6.26 Å². The van der Waals surface area contributed by atoms with Gasteiger partial charge in [-0.05, 0) is 49.7 Å². The standard InChI is InChI=1S/C14H16BrNO/c1-10-8-12(5-6-14(10)15)16-11(2)9-13-4-3-7-17-13/h3-8,11,16H,9H2,1-2H3. The minimum atomic E-state index is 0.349. The summed E-state index contributed by atoms with van der Waals surface area (Å²) in [6.07, 6.45) is 2.61. The van der Waals surface area contributed by atoms with Crippen LogP contribution in [0.5, 0.6) is 0 Å². The molecule has 1 aromatic heterocycles. The number of aryl methyl sites for hydroxylation is 1. The summed E-state index contributed by atoms with van der Waals surface area (Å²) in [5.41, 5.74) is 2.38. The third kappa shape index (κ3) is 3.37. The fourth-order valence-corrected chi connectivity index (χ4v) is 2.05. The maximum Gasteiger partial charge on any atom is 0.105 e. The Hall–Kier alpha value is -1.22. The fraction of sp³-hybridized carbons (Fsp3) is 0.286. The van der Waals surface area contributed by atoms with Crippen molar-refractivity contribution in [2.24, 2.45) is 0 Å². The van der Waals surface area contributed by atoms with E-state index in [0.717, 1.165) is 22.3 Å². The molecule has 0 spiro atoms. The van der Waals surface area contributed by atoms with Crippen molar-refractivity contribution in [3.05, 3.63) is 52.4 Å². The molecule has 0 aliphatic carbocycles. The number of benzene rings is 1. The van der Waals surface area contributed by atoms with Crippen molar-refractivity contribution in [1.29, 1.82) is 0 Å². The summed E-state index contributed by atoms with van der Waals surface area (Å²) < 4.78 is 6.48. The lowest BCUT2D eigenvalue weighted by atomic mass is 10.1. The van der Waals surface area contributed by atoms with Gasteiger partial charge in [0.15, 0.2) is 0 Å². The largest absolute Gasteiger partial charge is 0.469 e. The molecule has 17 heavy (non-hydrogen) atoms. The minimum absolute atomic E-state index is 0.349. The second kappa shape index (κ2) is 5.41. The van der Waals surface area contributed by atoms with Gasteiger partial charge in [-0.3, -0.25) is 0 Å². The van der Waals surface area contributed by atoms with Crippen molar-refractivity contribution in [3.63, 3.8) is 0 Å². The van der Waals surface area contributed by atoms with Crippen molar-refractivity contribution in [2.45, 2.75) is 26.3 Å². The predicted octanol–water partition coefficient (Wildman–Crippen LogP) is 4.39. The van der Waals surface area contributed by atoms with Crippen LogP contribution in [0.1, 0.15) is 18.2 Å². The van der Waals surface area contributed by atoms with Crippen LogP contribution in [0, 0.1) is 6.92 Å². The zero-order chi connectivity index (χ0) is 12.3. The van der Waals surface area contributed by atoms with E-state index >= 15 is 0 Å². The first-order chi connectivity index (χ1) is 8.15. The van der Waals surface area contributed by atoms with Gasteiger partial charge in [-0.2, -0.15) is 0 Å². The van der Waals surface area contributed by atoms with Crippen LogP contribution in [-0.4, -0.2) is 6.04 Å². The molecule has 0 amide bonds. The molecule has 90 valence electrons. The number of hydrogen-bond acceptors (Lipinski definition) is 2. The maximum absolute atomic E-state index is 5.34. The van der Waals surface area contributed by atoms with Gasteiger partial charge in [0.2, 0.25) is 0 Å². The van der Waals surface area contributed by atoms with Gasteiger partial charge in [0.25, 0.3) is 0 Å². The molecule has 0 bridgehead atoms. The first kappa shape index (κ1) is 12.2. The van der Waals surface area contributed by atoms with Crippen molar-refractivity contribution < 1.29 is 4.42 Å². The summed E-state index contributed by atoms with van der Waals surface area (Å²) in [5, 5.41) is 3.47. The summed E-state index contributed by atoms with van der Waals surface area (Å²) in [4.78, 5) is 0. The van der Waals surface area contributed by atoms with Gasteiger partial charge in [0, 0.05) is 22.6 Å². The molecule has 0 fully saturated rings. The van der Waals surface area contributed by atoms with Crippen LogP contribution in [0.4, 0.5) is 5.69 Å². The number of rotatable bonds is 4. The molecular formula is C14H16BrNO. The molecule has 1 heterocycles. The van der Waals surface area contributed by atoms with Gasteiger partial charge in [-0.25, -0.2) is 0 Å².